The molecule has 2 nitrogen and oxygen atoms in total. The number of pyridine rings is 1. The Kier molecular flexibility index (Phi) is 4.35. The molecule has 5 heteroatoms. The molecule has 22 heavy (non-hydrogen) atoms. The van der Waals surface area contributed by atoms with Crippen LogP contribution in [0.4, 0.5) is 0 Å². The highest BCUT2D eigenvalue weighted by atomic mass is 79.9. The third-order valence-corrected chi connectivity index (χ3v) is 4.60. The summed E-state index contributed by atoms with van der Waals surface area (Å²) in [6.07, 6.45) is 0.530. The van der Waals surface area contributed by atoms with Gasteiger partial charge in [-0.1, -0.05) is 51.3 Å². The number of hydrogen-bond donors (Lipinski definition) is 0. The lowest BCUT2D eigenvalue weighted by atomic mass is 10.0. The van der Waals surface area contributed by atoms with Crippen LogP contribution in [0.5, 0.6) is 0 Å². The summed E-state index contributed by atoms with van der Waals surface area (Å²) >= 11 is 16.3. The molecule has 1 heterocycles. The summed E-state index contributed by atoms with van der Waals surface area (Å²) in [5.74, 6) is 0. The number of nitriles is 1. The van der Waals surface area contributed by atoms with Gasteiger partial charge in [0.2, 0.25) is 0 Å². The Balaban J connectivity index is 2.12. The predicted octanol–water partition coefficient (Wildman–Crippen LogP) is 5.77. The van der Waals surface area contributed by atoms with E-state index in [1.807, 2.05) is 36.4 Å². The summed E-state index contributed by atoms with van der Waals surface area (Å²) in [6.45, 7) is 0. The molecule has 108 valence electrons. The number of halogens is 3. The van der Waals surface area contributed by atoms with Gasteiger partial charge in [0.05, 0.1) is 22.2 Å². The molecule has 0 fully saturated rings. The molecule has 3 rings (SSSR count). The molecule has 0 aliphatic carbocycles. The minimum absolute atomic E-state index is 0.391. The molecule has 1 aromatic heterocycles. The average molecular weight is 392 g/mol. The molecule has 0 bridgehead atoms. The highest BCUT2D eigenvalue weighted by molar-refractivity contribution is 9.10. The van der Waals surface area contributed by atoms with Gasteiger partial charge in [-0.3, -0.25) is 0 Å². The van der Waals surface area contributed by atoms with Crippen molar-refractivity contribution in [1.29, 1.82) is 5.26 Å². The number of fused-ring (bicyclic) bond motifs is 1. The van der Waals surface area contributed by atoms with Crippen molar-refractivity contribution in [3.63, 3.8) is 0 Å². The van der Waals surface area contributed by atoms with E-state index in [1.165, 1.54) is 0 Å². The molecule has 0 atom stereocenters. The highest BCUT2D eigenvalue weighted by Gasteiger charge is 2.13. The molecule has 0 unspecified atom stereocenters. The van der Waals surface area contributed by atoms with Crippen molar-refractivity contribution in [3.05, 3.63) is 73.8 Å². The third-order valence-electron chi connectivity index (χ3n) is 3.36. The van der Waals surface area contributed by atoms with Crippen LogP contribution < -0.4 is 0 Å². The Morgan fingerprint density at radius 3 is 2.73 bits per heavy atom. The molecule has 0 aliphatic rings. The van der Waals surface area contributed by atoms with Crippen LogP contribution in [-0.4, -0.2) is 4.98 Å². The molecular formula is C17H9BrCl2N2. The number of hydrogen-bond acceptors (Lipinski definition) is 2. The van der Waals surface area contributed by atoms with Crippen LogP contribution in [0.25, 0.3) is 10.9 Å². The summed E-state index contributed by atoms with van der Waals surface area (Å²) < 4.78 is 0.934. The second-order valence-corrected chi connectivity index (χ2v) is 6.50. The Morgan fingerprint density at radius 2 is 1.95 bits per heavy atom. The second-order valence-electron chi connectivity index (χ2n) is 4.85. The van der Waals surface area contributed by atoms with Crippen LogP contribution in [-0.2, 0) is 6.42 Å². The van der Waals surface area contributed by atoms with Gasteiger partial charge in [-0.25, -0.2) is 4.98 Å². The van der Waals surface area contributed by atoms with Crippen molar-refractivity contribution in [1.82, 2.24) is 4.98 Å². The van der Waals surface area contributed by atoms with Gasteiger partial charge in [0.1, 0.15) is 5.15 Å². The summed E-state index contributed by atoms with van der Waals surface area (Å²) in [4.78, 5) is 4.41. The van der Waals surface area contributed by atoms with E-state index >= 15 is 0 Å². The fourth-order valence-electron chi connectivity index (χ4n) is 2.31. The standard InChI is InChI=1S/C17H9BrCl2N2/c18-12-4-5-15-13(8-12)16(19)14(17(20)22-15)7-10-2-1-3-11(6-10)9-21/h1-6,8H,7H2. The summed E-state index contributed by atoms with van der Waals surface area (Å²) in [5.41, 5.74) is 3.11. The molecule has 0 spiro atoms. The maximum atomic E-state index is 8.99. The van der Waals surface area contributed by atoms with Gasteiger partial charge >= 0.3 is 0 Å². The molecule has 0 saturated carbocycles. The van der Waals surface area contributed by atoms with Crippen molar-refractivity contribution in [2.75, 3.05) is 0 Å². The third kappa shape index (κ3) is 2.96. The number of benzene rings is 2. The predicted molar refractivity (Wildman–Crippen MR) is 93.4 cm³/mol. The van der Waals surface area contributed by atoms with Gasteiger partial charge < -0.3 is 0 Å². The maximum absolute atomic E-state index is 8.99. The van der Waals surface area contributed by atoms with Gasteiger partial charge in [-0.15, -0.1) is 0 Å². The summed E-state index contributed by atoms with van der Waals surface area (Å²) in [6, 6.07) is 15.2. The Hall–Kier alpha value is -1.60. The normalized spacial score (nSPS) is 10.6. The second kappa shape index (κ2) is 6.26. The summed E-state index contributed by atoms with van der Waals surface area (Å²) in [5, 5.41) is 10.8. The molecule has 3 aromatic rings. The van der Waals surface area contributed by atoms with E-state index in [2.05, 4.69) is 27.0 Å². The van der Waals surface area contributed by atoms with Crippen molar-refractivity contribution >= 4 is 50.0 Å². The number of rotatable bonds is 2. The number of aromatic nitrogens is 1. The van der Waals surface area contributed by atoms with E-state index in [1.54, 1.807) is 6.07 Å². The van der Waals surface area contributed by atoms with Crippen molar-refractivity contribution in [2.24, 2.45) is 0 Å². The van der Waals surface area contributed by atoms with Crippen molar-refractivity contribution in [3.8, 4) is 6.07 Å². The Labute approximate surface area is 146 Å². The summed E-state index contributed by atoms with van der Waals surface area (Å²) in [7, 11) is 0. The van der Waals surface area contributed by atoms with Gasteiger partial charge in [0.15, 0.2) is 0 Å². The van der Waals surface area contributed by atoms with Gasteiger partial charge in [-0.05, 0) is 35.9 Å². The van der Waals surface area contributed by atoms with Crippen LogP contribution in [0.1, 0.15) is 16.7 Å². The average Bonchev–Trinajstić information content (AvgIpc) is 2.52. The zero-order valence-electron chi connectivity index (χ0n) is 11.3. The first-order chi connectivity index (χ1) is 10.6. The topological polar surface area (TPSA) is 36.7 Å². The largest absolute Gasteiger partial charge is 0.236 e. The fraction of sp³-hybridized carbons (Fsp3) is 0.0588. The quantitative estimate of drug-likeness (QED) is 0.520. The minimum Gasteiger partial charge on any atom is -0.236 e. The monoisotopic (exact) mass is 390 g/mol. The molecule has 0 amide bonds. The zero-order valence-corrected chi connectivity index (χ0v) is 14.4. The first-order valence-corrected chi connectivity index (χ1v) is 8.05. The van der Waals surface area contributed by atoms with Gasteiger partial charge in [0, 0.05) is 21.8 Å². The van der Waals surface area contributed by atoms with Gasteiger partial charge in [0.25, 0.3) is 0 Å². The lowest BCUT2D eigenvalue weighted by Crippen LogP contribution is -1.95. The van der Waals surface area contributed by atoms with E-state index in [9.17, 15) is 0 Å². The van der Waals surface area contributed by atoms with Crippen LogP contribution in [0.3, 0.4) is 0 Å². The Bertz CT molecular complexity index is 916. The molecule has 2 aromatic carbocycles. The molecule has 0 radical (unpaired) electrons. The minimum atomic E-state index is 0.391. The van der Waals surface area contributed by atoms with Crippen molar-refractivity contribution in [2.45, 2.75) is 6.42 Å². The van der Waals surface area contributed by atoms with E-state index in [0.29, 0.717) is 22.2 Å². The highest BCUT2D eigenvalue weighted by Crippen LogP contribution is 2.33. The van der Waals surface area contributed by atoms with Crippen molar-refractivity contribution < 1.29 is 0 Å². The van der Waals surface area contributed by atoms with Gasteiger partial charge in [-0.2, -0.15) is 5.26 Å². The molecular weight excluding hydrogens is 383 g/mol. The Morgan fingerprint density at radius 1 is 1.14 bits per heavy atom. The van der Waals surface area contributed by atoms with E-state index in [-0.39, 0.29) is 0 Å². The van der Waals surface area contributed by atoms with Crippen LogP contribution in [0.2, 0.25) is 10.2 Å². The van der Waals surface area contributed by atoms with E-state index < -0.39 is 0 Å². The molecule has 0 saturated heterocycles. The maximum Gasteiger partial charge on any atom is 0.134 e. The molecule has 0 aliphatic heterocycles. The first kappa shape index (κ1) is 15.3. The van der Waals surface area contributed by atoms with E-state index in [0.717, 1.165) is 26.5 Å². The van der Waals surface area contributed by atoms with Crippen LogP contribution in [0, 0.1) is 11.3 Å². The van der Waals surface area contributed by atoms with Crippen LogP contribution >= 0.6 is 39.1 Å². The molecule has 0 N–H and O–H groups in total. The number of nitrogens with zero attached hydrogens (tertiary/aromatic N) is 2. The van der Waals surface area contributed by atoms with E-state index in [4.69, 9.17) is 28.5 Å². The first-order valence-electron chi connectivity index (χ1n) is 6.50. The van der Waals surface area contributed by atoms with Crippen LogP contribution in [0.15, 0.2) is 46.9 Å². The lowest BCUT2D eigenvalue weighted by Gasteiger charge is -2.10. The SMILES string of the molecule is N#Cc1cccc(Cc2c(Cl)nc3ccc(Br)cc3c2Cl)c1. The lowest BCUT2D eigenvalue weighted by molar-refractivity contribution is 1.16. The zero-order chi connectivity index (χ0) is 15.7. The fourth-order valence-corrected chi connectivity index (χ4v) is 3.28. The smallest absolute Gasteiger partial charge is 0.134 e.